The highest BCUT2D eigenvalue weighted by Crippen LogP contribution is 2.38. The Bertz CT molecular complexity index is 1090. The number of pyridine rings is 1. The molecular formula is C25H24ClN3O3. The Labute approximate surface area is 192 Å². The summed E-state index contributed by atoms with van der Waals surface area (Å²) in [6, 6.07) is 16.3. The molecule has 0 radical (unpaired) electrons. The molecule has 0 N–H and O–H groups in total. The molecule has 0 aliphatic carbocycles. The second-order valence-corrected chi connectivity index (χ2v) is 8.48. The fourth-order valence-electron chi connectivity index (χ4n) is 4.18. The lowest BCUT2D eigenvalue weighted by Gasteiger charge is -2.31. The van der Waals surface area contributed by atoms with Crippen LogP contribution in [0.25, 0.3) is 0 Å². The molecule has 2 aliphatic rings. The number of benzene rings is 2. The van der Waals surface area contributed by atoms with Gasteiger partial charge < -0.3 is 9.47 Å². The number of carbonyl (C=O) groups excluding carboxylic acids is 1. The molecule has 1 unspecified atom stereocenters. The minimum atomic E-state index is -0.191. The van der Waals surface area contributed by atoms with Crippen molar-refractivity contribution in [2.75, 3.05) is 31.1 Å². The number of rotatable bonds is 5. The molecule has 3 heterocycles. The molecule has 32 heavy (non-hydrogen) atoms. The molecule has 1 atom stereocenters. The van der Waals surface area contributed by atoms with Gasteiger partial charge in [0.2, 0.25) is 0 Å². The maximum atomic E-state index is 13.4. The van der Waals surface area contributed by atoms with Crippen LogP contribution >= 0.6 is 11.6 Å². The van der Waals surface area contributed by atoms with Gasteiger partial charge in [0.15, 0.2) is 11.5 Å². The molecule has 1 amide bonds. The van der Waals surface area contributed by atoms with Crippen LogP contribution in [0.15, 0.2) is 67.0 Å². The summed E-state index contributed by atoms with van der Waals surface area (Å²) in [5, 5.41) is 0.605. The summed E-state index contributed by atoms with van der Waals surface area (Å²) in [5.74, 6) is 1.15. The molecule has 1 aromatic heterocycles. The molecule has 0 bridgehead atoms. The van der Waals surface area contributed by atoms with Gasteiger partial charge in [-0.2, -0.15) is 0 Å². The minimum absolute atomic E-state index is 0.0100. The van der Waals surface area contributed by atoms with Gasteiger partial charge >= 0.3 is 0 Å². The first-order valence-corrected chi connectivity index (χ1v) is 11.2. The topological polar surface area (TPSA) is 54.9 Å². The number of ether oxygens (including phenoxy) is 2. The van der Waals surface area contributed by atoms with Gasteiger partial charge in [0.25, 0.3) is 5.91 Å². The van der Waals surface area contributed by atoms with E-state index in [9.17, 15) is 4.79 Å². The highest BCUT2D eigenvalue weighted by atomic mass is 35.5. The molecule has 0 spiro atoms. The van der Waals surface area contributed by atoms with Gasteiger partial charge in [0.1, 0.15) is 12.7 Å². The largest absolute Gasteiger partial charge is 0.486 e. The van der Waals surface area contributed by atoms with Gasteiger partial charge in [0, 0.05) is 35.7 Å². The van der Waals surface area contributed by atoms with Gasteiger partial charge in [-0.25, -0.2) is 0 Å². The molecule has 7 heteroatoms. The van der Waals surface area contributed by atoms with Crippen molar-refractivity contribution in [3.05, 3.63) is 77.6 Å². The second kappa shape index (κ2) is 9.18. The number of fused-ring (bicyclic) bond motifs is 1. The molecule has 2 aliphatic heterocycles. The van der Waals surface area contributed by atoms with Crippen LogP contribution in [0, 0.1) is 0 Å². The van der Waals surface area contributed by atoms with Crippen molar-refractivity contribution in [2.24, 2.45) is 0 Å². The molecule has 6 nitrogen and oxygen atoms in total. The van der Waals surface area contributed by atoms with E-state index < -0.39 is 0 Å². The van der Waals surface area contributed by atoms with E-state index in [0.29, 0.717) is 40.1 Å². The highest BCUT2D eigenvalue weighted by molar-refractivity contribution is 6.30. The number of hydrogen-bond acceptors (Lipinski definition) is 5. The van der Waals surface area contributed by atoms with Gasteiger partial charge in [-0.05, 0) is 74.5 Å². The van der Waals surface area contributed by atoms with Crippen molar-refractivity contribution in [3.63, 3.8) is 0 Å². The number of likely N-dealkylation sites (tertiary alicyclic amines) is 1. The molecule has 3 aromatic rings. The fourth-order valence-corrected chi connectivity index (χ4v) is 4.30. The fraction of sp³-hybridized carbons (Fsp3) is 0.280. The lowest BCUT2D eigenvalue weighted by Crippen LogP contribution is -2.39. The summed E-state index contributed by atoms with van der Waals surface area (Å²) in [6.45, 7) is 3.61. The SMILES string of the molecule is O=C(c1cccnc1)N(c1ccc(Cl)cc1)c1ccc2c(c1)OCC(CN1CCCC1)O2. The Kier molecular flexibility index (Phi) is 5.97. The van der Waals surface area contributed by atoms with Crippen molar-refractivity contribution in [1.29, 1.82) is 0 Å². The van der Waals surface area contributed by atoms with Crippen LogP contribution in [0.4, 0.5) is 11.4 Å². The first kappa shape index (κ1) is 20.8. The molecule has 1 fully saturated rings. The number of halogens is 1. The molecule has 0 saturated carbocycles. The second-order valence-electron chi connectivity index (χ2n) is 8.05. The van der Waals surface area contributed by atoms with Crippen molar-refractivity contribution in [3.8, 4) is 11.5 Å². The van der Waals surface area contributed by atoms with E-state index in [-0.39, 0.29) is 12.0 Å². The van der Waals surface area contributed by atoms with Gasteiger partial charge in [0.05, 0.1) is 11.3 Å². The first-order chi connectivity index (χ1) is 15.7. The van der Waals surface area contributed by atoms with Crippen LogP contribution in [-0.4, -0.2) is 48.1 Å². The van der Waals surface area contributed by atoms with Crippen molar-refractivity contribution in [2.45, 2.75) is 18.9 Å². The Balaban J connectivity index is 1.43. The Morgan fingerprint density at radius 2 is 1.84 bits per heavy atom. The van der Waals surface area contributed by atoms with E-state index in [1.807, 2.05) is 30.3 Å². The maximum Gasteiger partial charge on any atom is 0.264 e. The lowest BCUT2D eigenvalue weighted by molar-refractivity contribution is 0.0650. The molecule has 5 rings (SSSR count). The van der Waals surface area contributed by atoms with E-state index in [2.05, 4.69) is 9.88 Å². The zero-order chi connectivity index (χ0) is 21.9. The summed E-state index contributed by atoms with van der Waals surface area (Å²) in [5.41, 5.74) is 1.87. The third-order valence-corrected chi connectivity index (χ3v) is 6.01. The first-order valence-electron chi connectivity index (χ1n) is 10.8. The quantitative estimate of drug-likeness (QED) is 0.551. The van der Waals surface area contributed by atoms with Crippen LogP contribution in [0.1, 0.15) is 23.2 Å². The third kappa shape index (κ3) is 4.42. The van der Waals surface area contributed by atoms with Crippen LogP contribution in [0.3, 0.4) is 0 Å². The van der Waals surface area contributed by atoms with Gasteiger partial charge in [-0.15, -0.1) is 0 Å². The minimum Gasteiger partial charge on any atom is -0.486 e. The van der Waals surface area contributed by atoms with Gasteiger partial charge in [-0.3, -0.25) is 19.6 Å². The third-order valence-electron chi connectivity index (χ3n) is 5.76. The summed E-state index contributed by atoms with van der Waals surface area (Å²) in [4.78, 5) is 21.6. The summed E-state index contributed by atoms with van der Waals surface area (Å²) in [7, 11) is 0. The standard InChI is InChI=1S/C25H24ClN3O3/c26-19-5-7-20(8-6-19)29(25(30)18-4-3-11-27-15-18)21-9-10-23-24(14-21)31-17-22(32-23)16-28-12-1-2-13-28/h3-11,14-15,22H,1-2,12-13,16-17H2. The highest BCUT2D eigenvalue weighted by Gasteiger charge is 2.27. The van der Waals surface area contributed by atoms with Crippen molar-refractivity contribution in [1.82, 2.24) is 9.88 Å². The molecule has 2 aromatic carbocycles. The van der Waals surface area contributed by atoms with Crippen molar-refractivity contribution >= 4 is 28.9 Å². The summed E-state index contributed by atoms with van der Waals surface area (Å²) < 4.78 is 12.3. The van der Waals surface area contributed by atoms with E-state index >= 15 is 0 Å². The summed E-state index contributed by atoms with van der Waals surface area (Å²) >= 11 is 6.07. The predicted octanol–water partition coefficient (Wildman–Crippen LogP) is 4.95. The monoisotopic (exact) mass is 449 g/mol. The Morgan fingerprint density at radius 3 is 2.59 bits per heavy atom. The van der Waals surface area contributed by atoms with E-state index in [4.69, 9.17) is 21.1 Å². The number of hydrogen-bond donors (Lipinski definition) is 0. The van der Waals surface area contributed by atoms with E-state index in [1.165, 1.54) is 12.8 Å². The van der Waals surface area contributed by atoms with Crippen LogP contribution in [-0.2, 0) is 0 Å². The zero-order valence-corrected chi connectivity index (χ0v) is 18.4. The van der Waals surface area contributed by atoms with Crippen LogP contribution < -0.4 is 14.4 Å². The number of amides is 1. The average molecular weight is 450 g/mol. The smallest absolute Gasteiger partial charge is 0.264 e. The molecular weight excluding hydrogens is 426 g/mol. The summed E-state index contributed by atoms with van der Waals surface area (Å²) in [6.07, 6.45) is 5.71. The van der Waals surface area contributed by atoms with Crippen LogP contribution in [0.2, 0.25) is 5.02 Å². The number of nitrogens with zero attached hydrogens (tertiary/aromatic N) is 3. The molecule has 164 valence electrons. The Hall–Kier alpha value is -3.09. The van der Waals surface area contributed by atoms with Crippen LogP contribution in [0.5, 0.6) is 11.5 Å². The number of carbonyl (C=O) groups is 1. The zero-order valence-electron chi connectivity index (χ0n) is 17.6. The molecule has 1 saturated heterocycles. The lowest BCUT2D eigenvalue weighted by atomic mass is 10.1. The van der Waals surface area contributed by atoms with E-state index in [1.54, 1.807) is 41.6 Å². The number of anilines is 2. The average Bonchev–Trinajstić information content (AvgIpc) is 3.34. The Morgan fingerprint density at radius 1 is 1.06 bits per heavy atom. The van der Waals surface area contributed by atoms with E-state index in [0.717, 1.165) is 19.6 Å². The maximum absolute atomic E-state index is 13.4. The number of aromatic nitrogens is 1. The van der Waals surface area contributed by atoms with Gasteiger partial charge in [-0.1, -0.05) is 11.6 Å². The normalized spacial score (nSPS) is 17.8. The van der Waals surface area contributed by atoms with Crippen molar-refractivity contribution < 1.29 is 14.3 Å². The predicted molar refractivity (Wildman–Crippen MR) is 124 cm³/mol.